The molecule has 0 aliphatic carbocycles. The Balaban J connectivity index is 1.60. The Bertz CT molecular complexity index is 598. The summed E-state index contributed by atoms with van der Waals surface area (Å²) >= 11 is 0. The molecule has 1 aliphatic heterocycles. The number of aryl methyl sites for hydroxylation is 1. The van der Waals surface area contributed by atoms with Crippen LogP contribution in [0.3, 0.4) is 0 Å². The average molecular weight is 276 g/mol. The Kier molecular flexibility index (Phi) is 3.51. The standard InChI is InChI=1S/C13H16N4O3/c1-17-6-2-4-9(17)12-15-11(20-16-12)8-14-13(18)10-5-3-7-19-10/h2,4,6,10H,3,5,7-8H2,1H3,(H,14,18)/t10-/m1/s1. The molecule has 1 saturated heterocycles. The first-order valence-electron chi connectivity index (χ1n) is 6.57. The van der Waals surface area contributed by atoms with Crippen LogP contribution in [0.2, 0.25) is 0 Å². The van der Waals surface area contributed by atoms with Gasteiger partial charge in [0, 0.05) is 19.9 Å². The SMILES string of the molecule is Cn1cccc1-c1noc(CNC(=O)[C@H]2CCCO2)n1. The first-order chi connectivity index (χ1) is 9.74. The maximum atomic E-state index is 11.8. The van der Waals surface area contributed by atoms with Crippen LogP contribution in [0.15, 0.2) is 22.9 Å². The third-order valence-electron chi connectivity index (χ3n) is 3.28. The molecule has 3 rings (SSSR count). The summed E-state index contributed by atoms with van der Waals surface area (Å²) in [6, 6.07) is 3.81. The largest absolute Gasteiger partial charge is 0.368 e. The molecular formula is C13H16N4O3. The van der Waals surface area contributed by atoms with E-state index < -0.39 is 0 Å². The minimum Gasteiger partial charge on any atom is -0.368 e. The highest BCUT2D eigenvalue weighted by Gasteiger charge is 2.23. The van der Waals surface area contributed by atoms with Crippen LogP contribution in [-0.2, 0) is 23.1 Å². The third-order valence-corrected chi connectivity index (χ3v) is 3.28. The van der Waals surface area contributed by atoms with Gasteiger partial charge in [-0.05, 0) is 25.0 Å². The second kappa shape index (κ2) is 5.46. The topological polar surface area (TPSA) is 82.2 Å². The molecule has 0 aromatic carbocycles. The molecule has 0 saturated carbocycles. The molecule has 3 heterocycles. The fraction of sp³-hybridized carbons (Fsp3) is 0.462. The molecule has 7 nitrogen and oxygen atoms in total. The van der Waals surface area contributed by atoms with E-state index in [0.29, 0.717) is 18.3 Å². The van der Waals surface area contributed by atoms with E-state index in [2.05, 4.69) is 15.5 Å². The molecule has 7 heteroatoms. The van der Waals surface area contributed by atoms with E-state index in [0.717, 1.165) is 18.5 Å². The summed E-state index contributed by atoms with van der Waals surface area (Å²) < 4.78 is 12.3. The number of nitrogens with one attached hydrogen (secondary N) is 1. The second-order valence-corrected chi connectivity index (χ2v) is 4.74. The van der Waals surface area contributed by atoms with Crippen LogP contribution in [0.5, 0.6) is 0 Å². The summed E-state index contributed by atoms with van der Waals surface area (Å²) in [5.74, 6) is 0.771. The third kappa shape index (κ3) is 2.57. The molecule has 1 fully saturated rings. The molecule has 0 radical (unpaired) electrons. The molecule has 1 aliphatic rings. The van der Waals surface area contributed by atoms with Crippen molar-refractivity contribution in [2.45, 2.75) is 25.5 Å². The number of aromatic nitrogens is 3. The maximum Gasteiger partial charge on any atom is 0.249 e. The van der Waals surface area contributed by atoms with Crippen molar-refractivity contribution >= 4 is 5.91 Å². The molecule has 1 amide bonds. The van der Waals surface area contributed by atoms with Gasteiger partial charge in [-0.1, -0.05) is 5.16 Å². The van der Waals surface area contributed by atoms with Gasteiger partial charge in [-0.2, -0.15) is 4.98 Å². The molecule has 1 N–H and O–H groups in total. The fourth-order valence-corrected chi connectivity index (χ4v) is 2.19. The van der Waals surface area contributed by atoms with E-state index in [1.165, 1.54) is 0 Å². The molecule has 1 atom stereocenters. The van der Waals surface area contributed by atoms with Crippen molar-refractivity contribution in [2.24, 2.45) is 7.05 Å². The van der Waals surface area contributed by atoms with Gasteiger partial charge in [0.05, 0.1) is 12.2 Å². The zero-order valence-corrected chi connectivity index (χ0v) is 11.2. The fourth-order valence-electron chi connectivity index (χ4n) is 2.19. The minimum atomic E-state index is -0.342. The lowest BCUT2D eigenvalue weighted by Gasteiger charge is -2.08. The molecule has 106 valence electrons. The van der Waals surface area contributed by atoms with E-state index >= 15 is 0 Å². The normalized spacial score (nSPS) is 18.4. The Morgan fingerprint density at radius 2 is 2.50 bits per heavy atom. The minimum absolute atomic E-state index is 0.124. The highest BCUT2D eigenvalue weighted by molar-refractivity contribution is 5.80. The lowest BCUT2D eigenvalue weighted by atomic mass is 10.2. The van der Waals surface area contributed by atoms with Crippen LogP contribution < -0.4 is 5.32 Å². The number of carbonyl (C=O) groups excluding carboxylic acids is 1. The van der Waals surface area contributed by atoms with Gasteiger partial charge in [0.25, 0.3) is 0 Å². The first-order valence-corrected chi connectivity index (χ1v) is 6.57. The van der Waals surface area contributed by atoms with Crippen molar-refractivity contribution in [1.82, 2.24) is 20.0 Å². The zero-order chi connectivity index (χ0) is 13.9. The monoisotopic (exact) mass is 276 g/mol. The summed E-state index contributed by atoms with van der Waals surface area (Å²) in [5.41, 5.74) is 0.866. The smallest absolute Gasteiger partial charge is 0.249 e. The van der Waals surface area contributed by atoms with Crippen molar-refractivity contribution in [1.29, 1.82) is 0 Å². The Labute approximate surface area is 115 Å². The molecule has 0 spiro atoms. The van der Waals surface area contributed by atoms with Crippen molar-refractivity contribution in [3.8, 4) is 11.5 Å². The highest BCUT2D eigenvalue weighted by atomic mass is 16.5. The Morgan fingerprint density at radius 1 is 1.60 bits per heavy atom. The summed E-state index contributed by atoms with van der Waals surface area (Å²) in [6.45, 7) is 0.867. The quantitative estimate of drug-likeness (QED) is 0.896. The number of rotatable bonds is 4. The molecule has 0 unspecified atom stereocenters. The van der Waals surface area contributed by atoms with Crippen molar-refractivity contribution in [3.05, 3.63) is 24.2 Å². The van der Waals surface area contributed by atoms with Gasteiger partial charge >= 0.3 is 0 Å². The van der Waals surface area contributed by atoms with Gasteiger partial charge in [-0.25, -0.2) is 0 Å². The number of nitrogens with zero attached hydrogens (tertiary/aromatic N) is 3. The van der Waals surface area contributed by atoms with Crippen molar-refractivity contribution < 1.29 is 14.1 Å². The van der Waals surface area contributed by atoms with E-state index in [1.54, 1.807) is 0 Å². The summed E-state index contributed by atoms with van der Waals surface area (Å²) in [4.78, 5) is 16.0. The lowest BCUT2D eigenvalue weighted by molar-refractivity contribution is -0.130. The van der Waals surface area contributed by atoms with Crippen LogP contribution in [0, 0.1) is 0 Å². The molecule has 2 aromatic heterocycles. The van der Waals surface area contributed by atoms with Gasteiger partial charge in [-0.15, -0.1) is 0 Å². The van der Waals surface area contributed by atoms with E-state index in [-0.39, 0.29) is 18.6 Å². The van der Waals surface area contributed by atoms with Gasteiger partial charge in [-0.3, -0.25) is 4.79 Å². The van der Waals surface area contributed by atoms with Crippen LogP contribution in [0.4, 0.5) is 0 Å². The maximum absolute atomic E-state index is 11.8. The summed E-state index contributed by atoms with van der Waals surface area (Å²) in [6.07, 6.45) is 3.26. The number of hydrogen-bond acceptors (Lipinski definition) is 5. The molecule has 20 heavy (non-hydrogen) atoms. The molecule has 0 bridgehead atoms. The first kappa shape index (κ1) is 12.9. The van der Waals surface area contributed by atoms with E-state index in [1.807, 2.05) is 29.9 Å². The van der Waals surface area contributed by atoms with Crippen LogP contribution in [0.25, 0.3) is 11.5 Å². The van der Waals surface area contributed by atoms with Crippen LogP contribution in [0.1, 0.15) is 18.7 Å². The van der Waals surface area contributed by atoms with Gasteiger partial charge < -0.3 is 19.1 Å². The van der Waals surface area contributed by atoms with Crippen molar-refractivity contribution in [2.75, 3.05) is 6.61 Å². The molecule has 2 aromatic rings. The summed E-state index contributed by atoms with van der Waals surface area (Å²) in [5, 5.41) is 6.65. The summed E-state index contributed by atoms with van der Waals surface area (Å²) in [7, 11) is 1.91. The van der Waals surface area contributed by atoms with Crippen molar-refractivity contribution in [3.63, 3.8) is 0 Å². The van der Waals surface area contributed by atoms with Crippen LogP contribution in [-0.4, -0.2) is 33.3 Å². The number of ether oxygens (including phenoxy) is 1. The average Bonchev–Trinajstić information content (AvgIpc) is 3.17. The predicted molar refractivity (Wildman–Crippen MR) is 69.5 cm³/mol. The predicted octanol–water partition coefficient (Wildman–Crippen LogP) is 0.870. The zero-order valence-electron chi connectivity index (χ0n) is 11.2. The van der Waals surface area contributed by atoms with Gasteiger partial charge in [0.2, 0.25) is 17.6 Å². The molecular weight excluding hydrogens is 260 g/mol. The lowest BCUT2D eigenvalue weighted by Crippen LogP contribution is -2.33. The van der Waals surface area contributed by atoms with E-state index in [4.69, 9.17) is 9.26 Å². The number of carbonyl (C=O) groups is 1. The second-order valence-electron chi connectivity index (χ2n) is 4.74. The number of amides is 1. The Morgan fingerprint density at radius 3 is 3.20 bits per heavy atom. The van der Waals surface area contributed by atoms with Crippen LogP contribution >= 0.6 is 0 Å². The number of hydrogen-bond donors (Lipinski definition) is 1. The van der Waals surface area contributed by atoms with Gasteiger partial charge in [0.1, 0.15) is 6.10 Å². The van der Waals surface area contributed by atoms with E-state index in [9.17, 15) is 4.79 Å². The Hall–Kier alpha value is -2.15. The van der Waals surface area contributed by atoms with Gasteiger partial charge in [0.15, 0.2) is 0 Å². The highest BCUT2D eigenvalue weighted by Crippen LogP contribution is 2.15.